The second kappa shape index (κ2) is 10.4. The van der Waals surface area contributed by atoms with Gasteiger partial charge in [0, 0.05) is 31.1 Å². The molecule has 1 heterocycles. The maximum Gasteiger partial charge on any atom is 0.223 e. The van der Waals surface area contributed by atoms with E-state index in [1.807, 2.05) is 6.92 Å². The number of carbonyl (C=O) groups is 1. The zero-order valence-electron chi connectivity index (χ0n) is 17.3. The topological polar surface area (TPSA) is 69.7 Å². The maximum atomic E-state index is 14.1. The van der Waals surface area contributed by atoms with Crippen LogP contribution < -0.4 is 5.32 Å². The molecular weight excluding hydrogens is 400 g/mol. The summed E-state index contributed by atoms with van der Waals surface area (Å²) in [4.78, 5) is 14.2. The number of benzene rings is 1. The summed E-state index contributed by atoms with van der Waals surface area (Å²) in [5.74, 6) is -1.67. The molecule has 0 aliphatic carbocycles. The molecule has 1 N–H and O–H groups in total. The van der Waals surface area contributed by atoms with Gasteiger partial charge in [-0.2, -0.15) is 0 Å². The van der Waals surface area contributed by atoms with Gasteiger partial charge in [0.2, 0.25) is 15.9 Å². The first-order valence-electron chi connectivity index (χ1n) is 10.0. The SMILES string of the molecule is CCCCS(=O)(=O)N1CCC(C(=O)NCC(c2c(F)cccc2F)N(C)C)CC1. The highest BCUT2D eigenvalue weighted by molar-refractivity contribution is 7.89. The van der Waals surface area contributed by atoms with Gasteiger partial charge in [0.05, 0.1) is 11.8 Å². The highest BCUT2D eigenvalue weighted by Crippen LogP contribution is 2.25. The number of nitrogens with zero attached hydrogens (tertiary/aromatic N) is 2. The van der Waals surface area contributed by atoms with Crippen molar-refractivity contribution in [1.82, 2.24) is 14.5 Å². The van der Waals surface area contributed by atoms with Crippen LogP contribution in [0, 0.1) is 17.6 Å². The first kappa shape index (κ1) is 23.7. The third kappa shape index (κ3) is 6.20. The average molecular weight is 432 g/mol. The normalized spacial score (nSPS) is 17.4. The largest absolute Gasteiger partial charge is 0.354 e. The van der Waals surface area contributed by atoms with Gasteiger partial charge < -0.3 is 10.2 Å². The molecule has 1 aliphatic rings. The lowest BCUT2D eigenvalue weighted by Crippen LogP contribution is -2.45. The number of halogens is 2. The number of hydrogen-bond donors (Lipinski definition) is 1. The molecule has 1 aliphatic heterocycles. The summed E-state index contributed by atoms with van der Waals surface area (Å²) in [6, 6.07) is 3.06. The molecule has 0 spiro atoms. The third-order valence-corrected chi connectivity index (χ3v) is 7.36. The standard InChI is InChI=1S/C20H31F2N3O3S/c1-4-5-13-29(27,28)25-11-9-15(10-12-25)20(26)23-14-18(24(2)3)19-16(21)7-6-8-17(19)22/h6-8,15,18H,4-5,9-14H2,1-3H3,(H,23,26). The molecule has 1 saturated heterocycles. The van der Waals surface area contributed by atoms with Gasteiger partial charge in [0.25, 0.3) is 0 Å². The van der Waals surface area contributed by atoms with Gasteiger partial charge in [-0.3, -0.25) is 4.79 Å². The van der Waals surface area contributed by atoms with Gasteiger partial charge in [-0.15, -0.1) is 0 Å². The molecule has 1 atom stereocenters. The Labute approximate surface area is 172 Å². The predicted octanol–water partition coefficient (Wildman–Crippen LogP) is 2.53. The van der Waals surface area contributed by atoms with Crippen LogP contribution in [-0.4, -0.2) is 63.0 Å². The Kier molecular flexibility index (Phi) is 8.54. The number of rotatable bonds is 9. The maximum absolute atomic E-state index is 14.1. The van der Waals surface area contributed by atoms with Crippen LogP contribution in [0.4, 0.5) is 8.78 Å². The second-order valence-corrected chi connectivity index (χ2v) is 9.79. The smallest absolute Gasteiger partial charge is 0.223 e. The number of unbranched alkanes of at least 4 members (excludes halogenated alkanes) is 1. The third-order valence-electron chi connectivity index (χ3n) is 5.40. The van der Waals surface area contributed by atoms with Gasteiger partial charge in [0.15, 0.2) is 0 Å². The van der Waals surface area contributed by atoms with Crippen molar-refractivity contribution in [1.29, 1.82) is 0 Å². The van der Waals surface area contributed by atoms with E-state index in [1.165, 1.54) is 22.5 Å². The highest BCUT2D eigenvalue weighted by Gasteiger charge is 2.31. The van der Waals surface area contributed by atoms with Crippen LogP contribution in [0.25, 0.3) is 0 Å². The predicted molar refractivity (Wildman–Crippen MR) is 109 cm³/mol. The Morgan fingerprint density at radius 1 is 1.24 bits per heavy atom. The quantitative estimate of drug-likeness (QED) is 0.652. The Morgan fingerprint density at radius 3 is 2.34 bits per heavy atom. The van der Waals surface area contributed by atoms with Crippen LogP contribution in [0.1, 0.15) is 44.2 Å². The lowest BCUT2D eigenvalue weighted by Gasteiger charge is -2.31. The Hall–Kier alpha value is -1.58. The van der Waals surface area contributed by atoms with Gasteiger partial charge >= 0.3 is 0 Å². The number of hydrogen-bond acceptors (Lipinski definition) is 4. The highest BCUT2D eigenvalue weighted by atomic mass is 32.2. The molecule has 1 aromatic carbocycles. The summed E-state index contributed by atoms with van der Waals surface area (Å²) >= 11 is 0. The van der Waals surface area contributed by atoms with Crippen molar-refractivity contribution in [2.24, 2.45) is 5.92 Å². The minimum atomic E-state index is -3.27. The van der Waals surface area contributed by atoms with E-state index in [9.17, 15) is 22.0 Å². The van der Waals surface area contributed by atoms with Crippen molar-refractivity contribution in [2.75, 3.05) is 39.5 Å². The molecule has 2 rings (SSSR count). The van der Waals surface area contributed by atoms with Crippen molar-refractivity contribution < 1.29 is 22.0 Å². The van der Waals surface area contributed by atoms with Crippen LogP contribution in [0.2, 0.25) is 0 Å². The van der Waals surface area contributed by atoms with E-state index in [4.69, 9.17) is 0 Å². The van der Waals surface area contributed by atoms with E-state index in [1.54, 1.807) is 19.0 Å². The minimum Gasteiger partial charge on any atom is -0.354 e. The molecule has 9 heteroatoms. The molecule has 29 heavy (non-hydrogen) atoms. The fourth-order valence-corrected chi connectivity index (χ4v) is 5.24. The molecule has 6 nitrogen and oxygen atoms in total. The van der Waals surface area contributed by atoms with Crippen LogP contribution >= 0.6 is 0 Å². The zero-order chi connectivity index (χ0) is 21.6. The average Bonchev–Trinajstić information content (AvgIpc) is 2.68. The Bertz CT molecular complexity index is 774. The summed E-state index contributed by atoms with van der Waals surface area (Å²) in [6.45, 7) is 2.66. The van der Waals surface area contributed by atoms with E-state index >= 15 is 0 Å². The van der Waals surface area contributed by atoms with Crippen molar-refractivity contribution in [3.05, 3.63) is 35.4 Å². The zero-order valence-corrected chi connectivity index (χ0v) is 18.1. The van der Waals surface area contributed by atoms with Crippen molar-refractivity contribution in [2.45, 2.75) is 38.6 Å². The Morgan fingerprint density at radius 2 is 1.83 bits per heavy atom. The molecule has 0 aromatic heterocycles. The van der Waals surface area contributed by atoms with Gasteiger partial charge in [-0.25, -0.2) is 21.5 Å². The van der Waals surface area contributed by atoms with E-state index < -0.39 is 27.7 Å². The summed E-state index contributed by atoms with van der Waals surface area (Å²) in [5, 5.41) is 2.79. The molecule has 1 unspecified atom stereocenters. The summed E-state index contributed by atoms with van der Waals surface area (Å²) in [6.07, 6.45) is 2.32. The summed E-state index contributed by atoms with van der Waals surface area (Å²) in [7, 11) is 0.128. The van der Waals surface area contributed by atoms with Crippen molar-refractivity contribution in [3.8, 4) is 0 Å². The molecule has 0 radical (unpaired) electrons. The number of likely N-dealkylation sites (N-methyl/N-ethyl adjacent to an activating group) is 1. The van der Waals surface area contributed by atoms with Crippen LogP contribution in [0.5, 0.6) is 0 Å². The first-order valence-corrected chi connectivity index (χ1v) is 11.6. The van der Waals surface area contributed by atoms with Crippen molar-refractivity contribution in [3.63, 3.8) is 0 Å². The van der Waals surface area contributed by atoms with E-state index in [2.05, 4.69) is 5.32 Å². The van der Waals surface area contributed by atoms with Crippen molar-refractivity contribution >= 4 is 15.9 Å². The number of nitrogens with one attached hydrogen (secondary N) is 1. The molecule has 0 bridgehead atoms. The number of piperidine rings is 1. The molecule has 0 saturated carbocycles. The van der Waals surface area contributed by atoms with E-state index in [0.29, 0.717) is 32.4 Å². The van der Waals surface area contributed by atoms with Gasteiger partial charge in [-0.05, 0) is 45.5 Å². The van der Waals surface area contributed by atoms with E-state index in [0.717, 1.165) is 6.42 Å². The fraction of sp³-hybridized carbons (Fsp3) is 0.650. The summed E-state index contributed by atoms with van der Waals surface area (Å²) in [5.41, 5.74) is -0.0744. The van der Waals surface area contributed by atoms with Gasteiger partial charge in [0.1, 0.15) is 11.6 Å². The molecule has 1 fully saturated rings. The van der Waals surface area contributed by atoms with Crippen LogP contribution in [-0.2, 0) is 14.8 Å². The first-order chi connectivity index (χ1) is 13.7. The lowest BCUT2D eigenvalue weighted by atomic mass is 9.97. The monoisotopic (exact) mass is 431 g/mol. The number of amides is 1. The molecular formula is C20H31F2N3O3S. The van der Waals surface area contributed by atoms with Crippen LogP contribution in [0.15, 0.2) is 18.2 Å². The number of sulfonamides is 1. The van der Waals surface area contributed by atoms with E-state index in [-0.39, 0.29) is 29.7 Å². The molecule has 164 valence electrons. The number of carbonyl (C=O) groups excluding carboxylic acids is 1. The fourth-order valence-electron chi connectivity index (χ4n) is 3.57. The second-order valence-electron chi connectivity index (χ2n) is 7.70. The molecule has 1 amide bonds. The molecule has 1 aromatic rings. The Balaban J connectivity index is 1.94. The van der Waals surface area contributed by atoms with Crippen LogP contribution in [0.3, 0.4) is 0 Å². The lowest BCUT2D eigenvalue weighted by molar-refractivity contribution is -0.126. The van der Waals surface area contributed by atoms with Gasteiger partial charge in [-0.1, -0.05) is 19.4 Å². The minimum absolute atomic E-state index is 0.0682. The summed E-state index contributed by atoms with van der Waals surface area (Å²) < 4.78 is 54.3.